The van der Waals surface area contributed by atoms with Crippen molar-refractivity contribution >= 4 is 12.4 Å². The molecule has 0 amide bonds. The topological polar surface area (TPSA) is 46.5 Å². The lowest BCUT2D eigenvalue weighted by Crippen LogP contribution is -1.83. The van der Waals surface area contributed by atoms with Gasteiger partial charge in [0, 0.05) is 0 Å². The molecule has 0 heterocycles. The first-order chi connectivity index (χ1) is 10.7. The second-order valence-electron chi connectivity index (χ2n) is 4.58. The standard InChI is InChI=1S/C10H16O.C9H10O2/c1-2-3-4-5-6-7-8-9-10-11;1-3-7-4-5-8(10)9(6-7)11-2/h6-10H,2-5H2,1H3;3-6,10H,1H2,2H3. The Labute approximate surface area is 133 Å². The molecule has 0 aromatic heterocycles. The molecular weight excluding hydrogens is 276 g/mol. The number of aldehydes is 1. The molecule has 0 bridgehead atoms. The molecule has 3 nitrogen and oxygen atoms in total. The SMILES string of the molecule is C=Cc1ccc(O)c(OC)c1.CCCCCC=CC=CC=O. The number of unbranched alkanes of at least 4 members (excludes halogenated alkanes) is 3. The van der Waals surface area contributed by atoms with E-state index in [0.717, 1.165) is 18.3 Å². The van der Waals surface area contributed by atoms with E-state index in [1.165, 1.54) is 32.4 Å². The molecule has 22 heavy (non-hydrogen) atoms. The molecule has 1 N–H and O–H groups in total. The summed E-state index contributed by atoms with van der Waals surface area (Å²) in [5.41, 5.74) is 0.930. The number of rotatable bonds is 8. The van der Waals surface area contributed by atoms with Crippen molar-refractivity contribution in [1.82, 2.24) is 0 Å². The Morgan fingerprint density at radius 3 is 2.59 bits per heavy atom. The number of phenols is 1. The quantitative estimate of drug-likeness (QED) is 0.321. The van der Waals surface area contributed by atoms with Crippen molar-refractivity contribution in [2.75, 3.05) is 7.11 Å². The fourth-order valence-electron chi connectivity index (χ4n) is 1.62. The lowest BCUT2D eigenvalue weighted by Gasteiger charge is -2.02. The zero-order chi connectivity index (χ0) is 16.6. The molecule has 0 atom stereocenters. The minimum atomic E-state index is 0.151. The first kappa shape index (κ1) is 19.7. The largest absolute Gasteiger partial charge is 0.504 e. The van der Waals surface area contributed by atoms with Crippen molar-refractivity contribution in [2.24, 2.45) is 0 Å². The summed E-state index contributed by atoms with van der Waals surface area (Å²) >= 11 is 0. The highest BCUT2D eigenvalue weighted by Gasteiger charge is 1.98. The highest BCUT2D eigenvalue weighted by molar-refractivity contribution is 5.65. The van der Waals surface area contributed by atoms with Gasteiger partial charge in [-0.1, -0.05) is 56.7 Å². The van der Waals surface area contributed by atoms with Gasteiger partial charge in [-0.3, -0.25) is 4.79 Å². The molecule has 0 saturated carbocycles. The zero-order valence-corrected chi connectivity index (χ0v) is 13.5. The van der Waals surface area contributed by atoms with Crippen LogP contribution in [0.15, 0.2) is 49.1 Å². The van der Waals surface area contributed by atoms with E-state index in [4.69, 9.17) is 4.74 Å². The Balaban J connectivity index is 0.000000401. The average molecular weight is 302 g/mol. The molecule has 1 rings (SSSR count). The van der Waals surface area contributed by atoms with Crippen LogP contribution in [0.4, 0.5) is 0 Å². The number of benzene rings is 1. The maximum atomic E-state index is 9.82. The smallest absolute Gasteiger partial charge is 0.161 e. The maximum absolute atomic E-state index is 9.82. The van der Waals surface area contributed by atoms with E-state index in [1.807, 2.05) is 6.08 Å². The van der Waals surface area contributed by atoms with Crippen LogP contribution in [-0.2, 0) is 4.79 Å². The first-order valence-electron chi connectivity index (χ1n) is 7.46. The lowest BCUT2D eigenvalue weighted by molar-refractivity contribution is -0.104. The van der Waals surface area contributed by atoms with Crippen LogP contribution in [0, 0.1) is 0 Å². The van der Waals surface area contributed by atoms with Gasteiger partial charge in [0.25, 0.3) is 0 Å². The van der Waals surface area contributed by atoms with Crippen LogP contribution in [0.3, 0.4) is 0 Å². The molecule has 120 valence electrons. The molecule has 0 fully saturated rings. The number of hydrogen-bond donors (Lipinski definition) is 1. The summed E-state index contributed by atoms with van der Waals surface area (Å²) in [7, 11) is 1.52. The number of ether oxygens (including phenoxy) is 1. The van der Waals surface area contributed by atoms with Gasteiger partial charge in [-0.15, -0.1) is 0 Å². The van der Waals surface area contributed by atoms with E-state index >= 15 is 0 Å². The van der Waals surface area contributed by atoms with Crippen LogP contribution in [0.2, 0.25) is 0 Å². The lowest BCUT2D eigenvalue weighted by atomic mass is 10.2. The van der Waals surface area contributed by atoms with Crippen LogP contribution in [0.5, 0.6) is 11.5 Å². The molecule has 3 heteroatoms. The van der Waals surface area contributed by atoms with Gasteiger partial charge >= 0.3 is 0 Å². The minimum absolute atomic E-state index is 0.151. The first-order valence-corrected chi connectivity index (χ1v) is 7.46. The molecule has 0 aliphatic carbocycles. The molecule has 0 aliphatic rings. The van der Waals surface area contributed by atoms with E-state index in [9.17, 15) is 9.90 Å². The third kappa shape index (κ3) is 9.59. The monoisotopic (exact) mass is 302 g/mol. The molecule has 1 aromatic carbocycles. The van der Waals surface area contributed by atoms with Crippen molar-refractivity contribution in [3.05, 3.63) is 54.6 Å². The number of hydrogen-bond acceptors (Lipinski definition) is 3. The summed E-state index contributed by atoms with van der Waals surface area (Å²) in [4.78, 5) is 9.82. The van der Waals surface area contributed by atoms with Gasteiger partial charge in [-0.25, -0.2) is 0 Å². The van der Waals surface area contributed by atoms with E-state index in [1.54, 1.807) is 30.4 Å². The van der Waals surface area contributed by atoms with E-state index in [0.29, 0.717) is 5.75 Å². The third-order valence-electron chi connectivity index (χ3n) is 2.85. The molecule has 0 unspecified atom stereocenters. The Hall–Kier alpha value is -2.29. The van der Waals surface area contributed by atoms with E-state index in [2.05, 4.69) is 19.6 Å². The number of phenolic OH excluding ortho intramolecular Hbond substituents is 1. The Kier molecular flexibility index (Phi) is 12.3. The highest BCUT2D eigenvalue weighted by atomic mass is 16.5. The maximum Gasteiger partial charge on any atom is 0.161 e. The summed E-state index contributed by atoms with van der Waals surface area (Å²) in [6.45, 7) is 5.79. The highest BCUT2D eigenvalue weighted by Crippen LogP contribution is 2.26. The van der Waals surface area contributed by atoms with Gasteiger partial charge in [0.15, 0.2) is 11.5 Å². The molecule has 0 spiro atoms. The zero-order valence-electron chi connectivity index (χ0n) is 13.5. The number of carbonyl (C=O) groups is 1. The fraction of sp³-hybridized carbons (Fsp3) is 0.316. The van der Waals surface area contributed by atoms with Crippen LogP contribution in [-0.4, -0.2) is 18.5 Å². The van der Waals surface area contributed by atoms with E-state index < -0.39 is 0 Å². The molecule has 1 aromatic rings. The number of carbonyl (C=O) groups excluding carboxylic acids is 1. The second-order valence-corrected chi connectivity index (χ2v) is 4.58. The van der Waals surface area contributed by atoms with Crippen LogP contribution < -0.4 is 4.74 Å². The summed E-state index contributed by atoms with van der Waals surface area (Å²) in [6.07, 6.45) is 14.7. The van der Waals surface area contributed by atoms with Crippen LogP contribution in [0.1, 0.15) is 38.2 Å². The van der Waals surface area contributed by atoms with E-state index in [-0.39, 0.29) is 5.75 Å². The summed E-state index contributed by atoms with van der Waals surface area (Å²) < 4.78 is 4.89. The van der Waals surface area contributed by atoms with Crippen LogP contribution >= 0.6 is 0 Å². The summed E-state index contributed by atoms with van der Waals surface area (Å²) in [5, 5.41) is 9.17. The third-order valence-corrected chi connectivity index (χ3v) is 2.85. The average Bonchev–Trinajstić information content (AvgIpc) is 2.55. The van der Waals surface area contributed by atoms with Gasteiger partial charge in [0.2, 0.25) is 0 Å². The Morgan fingerprint density at radius 1 is 1.23 bits per heavy atom. The molecular formula is C19H26O3. The Bertz CT molecular complexity index is 487. The minimum Gasteiger partial charge on any atom is -0.504 e. The van der Waals surface area contributed by atoms with Gasteiger partial charge in [-0.05, 0) is 36.6 Å². The summed E-state index contributed by atoms with van der Waals surface area (Å²) in [5.74, 6) is 0.625. The summed E-state index contributed by atoms with van der Waals surface area (Å²) in [6, 6.07) is 5.07. The van der Waals surface area contributed by atoms with Gasteiger partial charge < -0.3 is 9.84 Å². The molecule has 0 saturated heterocycles. The predicted molar refractivity (Wildman–Crippen MR) is 93.2 cm³/mol. The molecule has 0 radical (unpaired) electrons. The second kappa shape index (κ2) is 13.7. The van der Waals surface area contributed by atoms with Crippen LogP contribution in [0.25, 0.3) is 6.08 Å². The van der Waals surface area contributed by atoms with Crippen molar-refractivity contribution in [2.45, 2.75) is 32.6 Å². The van der Waals surface area contributed by atoms with Gasteiger partial charge in [-0.2, -0.15) is 0 Å². The normalized spacial score (nSPS) is 10.3. The predicted octanol–water partition coefficient (Wildman–Crippen LogP) is 4.92. The number of allylic oxidation sites excluding steroid dienone is 4. The van der Waals surface area contributed by atoms with Crippen molar-refractivity contribution < 1.29 is 14.6 Å². The number of aromatic hydroxyl groups is 1. The molecule has 0 aliphatic heterocycles. The van der Waals surface area contributed by atoms with Crippen molar-refractivity contribution in [1.29, 1.82) is 0 Å². The number of methoxy groups -OCH3 is 1. The van der Waals surface area contributed by atoms with Gasteiger partial charge in [0.1, 0.15) is 6.29 Å². The van der Waals surface area contributed by atoms with Crippen molar-refractivity contribution in [3.8, 4) is 11.5 Å². The fourth-order valence-corrected chi connectivity index (χ4v) is 1.62. The van der Waals surface area contributed by atoms with Crippen molar-refractivity contribution in [3.63, 3.8) is 0 Å². The Morgan fingerprint density at radius 2 is 2.00 bits per heavy atom. The van der Waals surface area contributed by atoms with Gasteiger partial charge in [0.05, 0.1) is 7.11 Å².